The molecule has 0 atom stereocenters. The van der Waals surface area contributed by atoms with Crippen molar-refractivity contribution in [2.45, 2.75) is 0 Å². The van der Waals surface area contributed by atoms with Crippen molar-refractivity contribution in [1.29, 1.82) is 0 Å². The molecule has 0 bridgehead atoms. The van der Waals surface area contributed by atoms with Crippen LogP contribution in [0.4, 0.5) is 0 Å². The van der Waals surface area contributed by atoms with E-state index in [9.17, 15) is 0 Å². The molecule has 0 aliphatic heterocycles. The molecule has 2 nitrogen and oxygen atoms in total. The third kappa shape index (κ3) is 3.73. The molecule has 3 heterocycles. The van der Waals surface area contributed by atoms with Crippen molar-refractivity contribution < 1.29 is 0 Å². The molecular weight excluding hydrogens is 577 g/mol. The standard InChI is InChI=1S/C43H26N2S/c1-2-11-29(12-3-1)45-39-19-8-5-14-32(39)36-25-35-31-13-4-7-18-38(31)44-42(37(35)26-40(36)45)28-23-21-27(22-24-28)30-16-10-17-34-33-15-6-9-20-41(33)46-43(30)34/h1-26H. The largest absolute Gasteiger partial charge is 0.309 e. The Morgan fingerprint density at radius 3 is 2.00 bits per heavy atom. The van der Waals surface area contributed by atoms with Crippen LogP contribution in [0, 0.1) is 0 Å². The quantitative estimate of drug-likeness (QED) is 0.184. The molecule has 0 saturated carbocycles. The van der Waals surface area contributed by atoms with Gasteiger partial charge < -0.3 is 4.57 Å². The number of hydrogen-bond donors (Lipinski definition) is 0. The average molecular weight is 603 g/mol. The van der Waals surface area contributed by atoms with E-state index < -0.39 is 0 Å². The van der Waals surface area contributed by atoms with Crippen LogP contribution in [0.3, 0.4) is 0 Å². The van der Waals surface area contributed by atoms with Crippen molar-refractivity contribution in [1.82, 2.24) is 9.55 Å². The molecule has 0 N–H and O–H groups in total. The van der Waals surface area contributed by atoms with Crippen LogP contribution in [0.15, 0.2) is 158 Å². The molecule has 0 aliphatic carbocycles. The number of aromatic nitrogens is 2. The fraction of sp³-hybridized carbons (Fsp3) is 0. The summed E-state index contributed by atoms with van der Waals surface area (Å²) in [6.07, 6.45) is 0. The summed E-state index contributed by atoms with van der Waals surface area (Å²) in [5, 5.41) is 8.71. The number of rotatable bonds is 3. The Balaban J connectivity index is 1.22. The van der Waals surface area contributed by atoms with Crippen LogP contribution in [0.5, 0.6) is 0 Å². The molecule has 0 fully saturated rings. The number of hydrogen-bond acceptors (Lipinski definition) is 2. The molecule has 0 amide bonds. The predicted octanol–water partition coefficient (Wildman–Crippen LogP) is 12.2. The number of thiophene rings is 1. The minimum absolute atomic E-state index is 1.01. The molecule has 0 saturated heterocycles. The van der Waals surface area contributed by atoms with Crippen molar-refractivity contribution in [3.63, 3.8) is 0 Å². The summed E-state index contributed by atoms with van der Waals surface area (Å²) in [7, 11) is 0. The van der Waals surface area contributed by atoms with Gasteiger partial charge in [0.05, 0.1) is 22.2 Å². The van der Waals surface area contributed by atoms with Gasteiger partial charge in [0.1, 0.15) is 0 Å². The van der Waals surface area contributed by atoms with E-state index in [1.807, 2.05) is 11.3 Å². The maximum absolute atomic E-state index is 5.31. The van der Waals surface area contributed by atoms with E-state index in [2.05, 4.69) is 162 Å². The lowest BCUT2D eigenvalue weighted by atomic mass is 9.96. The van der Waals surface area contributed by atoms with Crippen molar-refractivity contribution in [3.05, 3.63) is 158 Å². The lowest BCUT2D eigenvalue weighted by Gasteiger charge is -2.13. The molecule has 0 aliphatic rings. The Labute approximate surface area is 269 Å². The van der Waals surface area contributed by atoms with E-state index in [-0.39, 0.29) is 0 Å². The molecule has 10 aromatic rings. The van der Waals surface area contributed by atoms with Gasteiger partial charge in [-0.3, -0.25) is 0 Å². The smallest absolute Gasteiger partial charge is 0.0788 e. The minimum Gasteiger partial charge on any atom is -0.309 e. The summed E-state index contributed by atoms with van der Waals surface area (Å²) < 4.78 is 5.05. The van der Waals surface area contributed by atoms with Crippen LogP contribution < -0.4 is 0 Å². The summed E-state index contributed by atoms with van der Waals surface area (Å²) in [6, 6.07) is 57.0. The van der Waals surface area contributed by atoms with E-state index in [0.717, 1.165) is 27.8 Å². The second kappa shape index (κ2) is 9.87. The van der Waals surface area contributed by atoms with E-state index in [4.69, 9.17) is 4.98 Å². The zero-order chi connectivity index (χ0) is 30.2. The number of benzene rings is 7. The minimum atomic E-state index is 1.01. The summed E-state index contributed by atoms with van der Waals surface area (Å²) in [5.41, 5.74) is 9.17. The van der Waals surface area contributed by atoms with Crippen LogP contribution in [0.2, 0.25) is 0 Å². The highest BCUT2D eigenvalue weighted by Gasteiger charge is 2.18. The Morgan fingerprint density at radius 2 is 1.13 bits per heavy atom. The monoisotopic (exact) mass is 602 g/mol. The first-order valence-electron chi connectivity index (χ1n) is 15.6. The van der Waals surface area contributed by atoms with E-state index in [0.29, 0.717) is 0 Å². The van der Waals surface area contributed by atoms with Gasteiger partial charge >= 0.3 is 0 Å². The van der Waals surface area contributed by atoms with Crippen molar-refractivity contribution >= 4 is 75.0 Å². The first-order chi connectivity index (χ1) is 22.8. The highest BCUT2D eigenvalue weighted by atomic mass is 32.1. The third-order valence-corrected chi connectivity index (χ3v) is 10.6. The van der Waals surface area contributed by atoms with Gasteiger partial charge in [0, 0.05) is 53.0 Å². The van der Waals surface area contributed by atoms with Crippen LogP contribution in [-0.2, 0) is 0 Å². The predicted molar refractivity (Wildman–Crippen MR) is 197 cm³/mol. The van der Waals surface area contributed by atoms with Crippen LogP contribution >= 0.6 is 11.3 Å². The Bertz CT molecular complexity index is 2790. The van der Waals surface area contributed by atoms with Crippen molar-refractivity contribution in [2.75, 3.05) is 0 Å². The van der Waals surface area contributed by atoms with Gasteiger partial charge in [-0.15, -0.1) is 11.3 Å². The number of pyridine rings is 1. The molecular formula is C43H26N2S. The van der Waals surface area contributed by atoms with Crippen LogP contribution in [-0.4, -0.2) is 9.55 Å². The molecule has 3 aromatic heterocycles. The summed E-state index contributed by atoms with van der Waals surface area (Å²) in [4.78, 5) is 5.31. The fourth-order valence-corrected chi connectivity index (χ4v) is 8.51. The zero-order valence-corrected chi connectivity index (χ0v) is 25.6. The Kier molecular flexibility index (Phi) is 5.48. The second-order valence-electron chi connectivity index (χ2n) is 11.9. The molecule has 0 spiro atoms. The van der Waals surface area contributed by atoms with Gasteiger partial charge in [0.2, 0.25) is 0 Å². The maximum Gasteiger partial charge on any atom is 0.0788 e. The van der Waals surface area contributed by atoms with E-state index in [1.54, 1.807) is 0 Å². The van der Waals surface area contributed by atoms with E-state index in [1.165, 1.54) is 63.9 Å². The SMILES string of the molecule is c1ccc(-n2c3ccccc3c3cc4c(cc32)c(-c2ccc(-c3cccc5c3sc3ccccc35)cc2)nc2ccccc24)cc1. The van der Waals surface area contributed by atoms with Crippen LogP contribution in [0.1, 0.15) is 0 Å². The van der Waals surface area contributed by atoms with Crippen LogP contribution in [0.25, 0.3) is 91.7 Å². The number of nitrogens with zero attached hydrogens (tertiary/aromatic N) is 2. The zero-order valence-electron chi connectivity index (χ0n) is 24.8. The van der Waals surface area contributed by atoms with Gasteiger partial charge in [0.25, 0.3) is 0 Å². The highest BCUT2D eigenvalue weighted by molar-refractivity contribution is 7.26. The van der Waals surface area contributed by atoms with Crippen molar-refractivity contribution in [2.24, 2.45) is 0 Å². The summed E-state index contributed by atoms with van der Waals surface area (Å²) in [6.45, 7) is 0. The number of fused-ring (bicyclic) bond motifs is 9. The number of para-hydroxylation sites is 3. The highest BCUT2D eigenvalue weighted by Crippen LogP contribution is 2.42. The van der Waals surface area contributed by atoms with Gasteiger partial charge in [-0.2, -0.15) is 0 Å². The molecule has 3 heteroatoms. The Morgan fingerprint density at radius 1 is 0.435 bits per heavy atom. The van der Waals surface area contributed by atoms with E-state index >= 15 is 0 Å². The van der Waals surface area contributed by atoms with Gasteiger partial charge in [0.15, 0.2) is 0 Å². The summed E-state index contributed by atoms with van der Waals surface area (Å²) in [5.74, 6) is 0. The average Bonchev–Trinajstić information content (AvgIpc) is 3.66. The lowest BCUT2D eigenvalue weighted by Crippen LogP contribution is -1.94. The summed E-state index contributed by atoms with van der Waals surface area (Å²) >= 11 is 1.87. The maximum atomic E-state index is 5.31. The Hall–Kier alpha value is -5.77. The first kappa shape index (κ1) is 25.5. The molecule has 10 rings (SSSR count). The fourth-order valence-electron chi connectivity index (χ4n) is 7.27. The van der Waals surface area contributed by atoms with Gasteiger partial charge in [-0.1, -0.05) is 115 Å². The molecule has 0 radical (unpaired) electrons. The van der Waals surface area contributed by atoms with Crippen molar-refractivity contribution in [3.8, 4) is 28.1 Å². The third-order valence-electron chi connectivity index (χ3n) is 9.38. The molecule has 46 heavy (non-hydrogen) atoms. The second-order valence-corrected chi connectivity index (χ2v) is 13.0. The molecule has 214 valence electrons. The topological polar surface area (TPSA) is 17.8 Å². The molecule has 0 unspecified atom stereocenters. The lowest BCUT2D eigenvalue weighted by molar-refractivity contribution is 1.18. The molecule has 7 aromatic carbocycles. The van der Waals surface area contributed by atoms with Gasteiger partial charge in [-0.25, -0.2) is 4.98 Å². The van der Waals surface area contributed by atoms with Gasteiger partial charge in [-0.05, 0) is 59.0 Å². The normalized spacial score (nSPS) is 11.9. The first-order valence-corrected chi connectivity index (χ1v) is 16.5.